The van der Waals surface area contributed by atoms with Crippen molar-refractivity contribution in [2.24, 2.45) is 0 Å². The van der Waals surface area contributed by atoms with Crippen molar-refractivity contribution in [2.75, 3.05) is 23.8 Å². The molecule has 0 unspecified atom stereocenters. The van der Waals surface area contributed by atoms with E-state index < -0.39 is 11.9 Å². The van der Waals surface area contributed by atoms with Crippen molar-refractivity contribution in [3.8, 4) is 0 Å². The lowest BCUT2D eigenvalue weighted by Crippen LogP contribution is -2.15. The number of nitrogens with zero attached hydrogens (tertiary/aromatic N) is 2. The second-order valence-corrected chi connectivity index (χ2v) is 5.16. The second-order valence-electron chi connectivity index (χ2n) is 4.25. The fourth-order valence-electron chi connectivity index (χ4n) is 1.62. The van der Waals surface area contributed by atoms with Gasteiger partial charge >= 0.3 is 6.18 Å². The fraction of sp³-hybridized carbons (Fsp3) is 0.231. The van der Waals surface area contributed by atoms with Crippen molar-refractivity contribution >= 4 is 33.4 Å². The maximum atomic E-state index is 12.9. The van der Waals surface area contributed by atoms with E-state index >= 15 is 0 Å². The lowest BCUT2D eigenvalue weighted by Gasteiger charge is -2.12. The standard InChI is InChI=1S/C13H12BrF3N4O/c14-8-2-1-3-9(6-8)19-11-7-10(13(15,16)17)20-12(21-11)18-4-5-22/h1-3,6-7,22H,4-5H2,(H2,18,19,20,21). The average Bonchev–Trinajstić information content (AvgIpc) is 2.44. The van der Waals surface area contributed by atoms with Gasteiger partial charge < -0.3 is 15.7 Å². The quantitative estimate of drug-likeness (QED) is 0.745. The molecule has 2 rings (SSSR count). The molecule has 1 aromatic heterocycles. The summed E-state index contributed by atoms with van der Waals surface area (Å²) in [7, 11) is 0. The molecule has 0 amide bonds. The average molecular weight is 377 g/mol. The van der Waals surface area contributed by atoms with Crippen LogP contribution in [0.3, 0.4) is 0 Å². The lowest BCUT2D eigenvalue weighted by atomic mass is 10.3. The van der Waals surface area contributed by atoms with Crippen molar-refractivity contribution in [1.82, 2.24) is 9.97 Å². The van der Waals surface area contributed by atoms with Gasteiger partial charge in [-0.05, 0) is 18.2 Å². The molecule has 9 heteroatoms. The summed E-state index contributed by atoms with van der Waals surface area (Å²) in [4.78, 5) is 7.34. The van der Waals surface area contributed by atoms with E-state index in [4.69, 9.17) is 5.11 Å². The number of halogens is 4. The Morgan fingerprint density at radius 1 is 1.18 bits per heavy atom. The van der Waals surface area contributed by atoms with E-state index in [0.29, 0.717) is 5.69 Å². The van der Waals surface area contributed by atoms with Crippen LogP contribution < -0.4 is 10.6 Å². The monoisotopic (exact) mass is 376 g/mol. The lowest BCUT2D eigenvalue weighted by molar-refractivity contribution is -0.141. The van der Waals surface area contributed by atoms with Gasteiger partial charge in [0.15, 0.2) is 5.69 Å². The Labute approximate surface area is 132 Å². The van der Waals surface area contributed by atoms with E-state index in [0.717, 1.165) is 10.5 Å². The summed E-state index contributed by atoms with van der Waals surface area (Å²) in [5, 5.41) is 14.0. The highest BCUT2D eigenvalue weighted by Gasteiger charge is 2.33. The SMILES string of the molecule is OCCNc1nc(Nc2cccc(Br)c2)cc(C(F)(F)F)n1. The van der Waals surface area contributed by atoms with Gasteiger partial charge in [0.1, 0.15) is 5.82 Å². The van der Waals surface area contributed by atoms with E-state index in [1.807, 2.05) is 0 Å². The van der Waals surface area contributed by atoms with Gasteiger partial charge in [-0.15, -0.1) is 0 Å². The van der Waals surface area contributed by atoms with Gasteiger partial charge in [-0.25, -0.2) is 4.98 Å². The molecule has 1 heterocycles. The minimum atomic E-state index is -4.59. The van der Waals surface area contributed by atoms with Gasteiger partial charge in [-0.2, -0.15) is 18.2 Å². The van der Waals surface area contributed by atoms with E-state index in [9.17, 15) is 13.2 Å². The molecule has 0 bridgehead atoms. The smallest absolute Gasteiger partial charge is 0.395 e. The van der Waals surface area contributed by atoms with E-state index in [1.165, 1.54) is 0 Å². The highest BCUT2D eigenvalue weighted by atomic mass is 79.9. The van der Waals surface area contributed by atoms with Crippen LogP contribution in [0, 0.1) is 0 Å². The van der Waals surface area contributed by atoms with E-state index in [-0.39, 0.29) is 24.9 Å². The number of aliphatic hydroxyl groups excluding tert-OH is 1. The molecule has 0 aliphatic rings. The molecule has 0 saturated carbocycles. The highest BCUT2D eigenvalue weighted by Crippen LogP contribution is 2.30. The van der Waals surface area contributed by atoms with Crippen molar-refractivity contribution in [3.05, 3.63) is 40.5 Å². The Morgan fingerprint density at radius 2 is 1.95 bits per heavy atom. The number of benzene rings is 1. The first-order valence-corrected chi connectivity index (χ1v) is 7.01. The van der Waals surface area contributed by atoms with Crippen LogP contribution in [0.15, 0.2) is 34.8 Å². The summed E-state index contributed by atoms with van der Waals surface area (Å²) in [5.74, 6) is -0.206. The van der Waals surface area contributed by atoms with Crippen LogP contribution in [0.5, 0.6) is 0 Å². The molecule has 2 aromatic rings. The van der Waals surface area contributed by atoms with Crippen LogP contribution in [0.2, 0.25) is 0 Å². The maximum Gasteiger partial charge on any atom is 0.433 e. The first kappa shape index (κ1) is 16.5. The summed E-state index contributed by atoms with van der Waals surface area (Å²) in [6, 6.07) is 7.76. The van der Waals surface area contributed by atoms with Gasteiger partial charge in [-0.1, -0.05) is 22.0 Å². The summed E-state index contributed by atoms with van der Waals surface area (Å²) in [5.41, 5.74) is -0.491. The number of anilines is 3. The predicted molar refractivity (Wildman–Crippen MR) is 80.0 cm³/mol. The zero-order chi connectivity index (χ0) is 16.2. The molecule has 0 radical (unpaired) electrons. The molecule has 0 fully saturated rings. The number of aromatic nitrogens is 2. The number of hydrogen-bond acceptors (Lipinski definition) is 5. The molecule has 0 saturated heterocycles. The molecule has 1 aromatic carbocycles. The Bertz CT molecular complexity index is 651. The number of aliphatic hydroxyl groups is 1. The Balaban J connectivity index is 2.32. The normalized spacial score (nSPS) is 11.3. The van der Waals surface area contributed by atoms with E-state index in [1.54, 1.807) is 24.3 Å². The van der Waals surface area contributed by atoms with Crippen molar-refractivity contribution < 1.29 is 18.3 Å². The topological polar surface area (TPSA) is 70.1 Å². The largest absolute Gasteiger partial charge is 0.433 e. The first-order chi connectivity index (χ1) is 10.4. The summed E-state index contributed by atoms with van der Waals surface area (Å²) in [6.45, 7) is -0.189. The van der Waals surface area contributed by atoms with Gasteiger partial charge in [0.05, 0.1) is 6.61 Å². The van der Waals surface area contributed by atoms with Crippen LogP contribution >= 0.6 is 15.9 Å². The number of nitrogens with one attached hydrogen (secondary N) is 2. The molecule has 118 valence electrons. The molecular formula is C13H12BrF3N4O. The van der Waals surface area contributed by atoms with Crippen LogP contribution in [0.1, 0.15) is 5.69 Å². The maximum absolute atomic E-state index is 12.9. The number of hydrogen-bond donors (Lipinski definition) is 3. The number of alkyl halides is 3. The Morgan fingerprint density at radius 3 is 2.59 bits per heavy atom. The molecule has 0 spiro atoms. The third-order valence-corrected chi connectivity index (χ3v) is 3.00. The van der Waals surface area contributed by atoms with Crippen molar-refractivity contribution in [3.63, 3.8) is 0 Å². The molecule has 0 aliphatic carbocycles. The minimum Gasteiger partial charge on any atom is -0.395 e. The summed E-state index contributed by atoms with van der Waals surface area (Å²) in [6.07, 6.45) is -4.59. The van der Waals surface area contributed by atoms with Gasteiger partial charge in [0.25, 0.3) is 0 Å². The van der Waals surface area contributed by atoms with Crippen LogP contribution in [0.4, 0.5) is 30.6 Å². The van der Waals surface area contributed by atoms with Crippen molar-refractivity contribution in [1.29, 1.82) is 0 Å². The highest BCUT2D eigenvalue weighted by molar-refractivity contribution is 9.10. The molecular weight excluding hydrogens is 365 g/mol. The molecule has 0 atom stereocenters. The predicted octanol–water partition coefficient (Wildman–Crippen LogP) is 3.41. The zero-order valence-corrected chi connectivity index (χ0v) is 12.7. The zero-order valence-electron chi connectivity index (χ0n) is 11.2. The Hall–Kier alpha value is -1.87. The van der Waals surface area contributed by atoms with Crippen LogP contribution in [-0.2, 0) is 6.18 Å². The minimum absolute atomic E-state index is 0.000801. The molecule has 22 heavy (non-hydrogen) atoms. The number of rotatable bonds is 5. The molecule has 5 nitrogen and oxygen atoms in total. The fourth-order valence-corrected chi connectivity index (χ4v) is 2.02. The van der Waals surface area contributed by atoms with E-state index in [2.05, 4.69) is 36.5 Å². The van der Waals surface area contributed by atoms with Gasteiger partial charge in [0.2, 0.25) is 5.95 Å². The third-order valence-electron chi connectivity index (χ3n) is 2.51. The van der Waals surface area contributed by atoms with Gasteiger partial charge in [0, 0.05) is 22.8 Å². The molecule has 0 aliphatic heterocycles. The van der Waals surface area contributed by atoms with Crippen LogP contribution in [0.25, 0.3) is 0 Å². The summed E-state index contributed by atoms with van der Waals surface area (Å²) < 4.78 is 39.4. The molecule has 3 N–H and O–H groups in total. The van der Waals surface area contributed by atoms with Gasteiger partial charge in [-0.3, -0.25) is 0 Å². The first-order valence-electron chi connectivity index (χ1n) is 6.22. The van der Waals surface area contributed by atoms with Crippen LogP contribution in [-0.4, -0.2) is 28.2 Å². The summed E-state index contributed by atoms with van der Waals surface area (Å²) >= 11 is 3.28. The van der Waals surface area contributed by atoms with Crippen molar-refractivity contribution in [2.45, 2.75) is 6.18 Å². The Kier molecular flexibility index (Phi) is 5.19. The second kappa shape index (κ2) is 6.93. The third kappa shape index (κ3) is 4.57.